The Morgan fingerprint density at radius 3 is 2.82 bits per heavy atom. The van der Waals surface area contributed by atoms with E-state index in [0.29, 0.717) is 6.04 Å². The number of hydrogen-bond acceptors (Lipinski definition) is 4. The maximum absolute atomic E-state index is 4.34. The fourth-order valence-electron chi connectivity index (χ4n) is 2.45. The van der Waals surface area contributed by atoms with Gasteiger partial charge < -0.3 is 5.32 Å². The average molecular weight is 228 g/mol. The van der Waals surface area contributed by atoms with E-state index < -0.39 is 0 Å². The molecule has 0 unspecified atom stereocenters. The molecule has 4 heteroatoms. The van der Waals surface area contributed by atoms with Gasteiger partial charge in [-0.3, -0.25) is 0 Å². The lowest BCUT2D eigenvalue weighted by Crippen LogP contribution is -2.23. The van der Waals surface area contributed by atoms with E-state index in [2.05, 4.69) is 20.3 Å². The van der Waals surface area contributed by atoms with Crippen LogP contribution in [0.2, 0.25) is 0 Å². The van der Waals surface area contributed by atoms with Crippen LogP contribution in [0.4, 0.5) is 5.82 Å². The second-order valence-electron chi connectivity index (χ2n) is 4.58. The Labute approximate surface area is 101 Å². The number of anilines is 1. The van der Waals surface area contributed by atoms with Crippen molar-refractivity contribution in [3.63, 3.8) is 0 Å². The molecular weight excluding hydrogens is 212 g/mol. The highest BCUT2D eigenvalue weighted by molar-refractivity contribution is 5.85. The van der Waals surface area contributed by atoms with Crippen molar-refractivity contribution in [2.24, 2.45) is 0 Å². The summed E-state index contributed by atoms with van der Waals surface area (Å²) in [7, 11) is 0. The molecule has 0 spiro atoms. The van der Waals surface area contributed by atoms with E-state index in [4.69, 9.17) is 0 Å². The molecule has 2 heterocycles. The van der Waals surface area contributed by atoms with Gasteiger partial charge in [-0.15, -0.1) is 0 Å². The first-order valence-corrected chi connectivity index (χ1v) is 6.26. The molecule has 0 bridgehead atoms. The van der Waals surface area contributed by atoms with Crippen LogP contribution in [0, 0.1) is 0 Å². The summed E-state index contributed by atoms with van der Waals surface area (Å²) < 4.78 is 0. The van der Waals surface area contributed by atoms with Gasteiger partial charge in [0.1, 0.15) is 12.1 Å². The first kappa shape index (κ1) is 10.4. The zero-order chi connectivity index (χ0) is 11.5. The van der Waals surface area contributed by atoms with Crippen LogP contribution in [-0.4, -0.2) is 21.0 Å². The Bertz CT molecular complexity index is 500. The van der Waals surface area contributed by atoms with Crippen molar-refractivity contribution in [2.75, 3.05) is 5.32 Å². The van der Waals surface area contributed by atoms with Crippen molar-refractivity contribution >= 4 is 16.9 Å². The van der Waals surface area contributed by atoms with E-state index >= 15 is 0 Å². The number of fused-ring (bicyclic) bond motifs is 1. The quantitative estimate of drug-likeness (QED) is 0.858. The summed E-state index contributed by atoms with van der Waals surface area (Å²) in [5, 5.41) is 4.55. The predicted molar refractivity (Wildman–Crippen MR) is 67.8 cm³/mol. The van der Waals surface area contributed by atoms with Crippen LogP contribution in [0.15, 0.2) is 24.7 Å². The smallest absolute Gasteiger partial charge is 0.164 e. The Hall–Kier alpha value is -1.71. The van der Waals surface area contributed by atoms with Crippen LogP contribution in [0.1, 0.15) is 32.1 Å². The lowest BCUT2D eigenvalue weighted by molar-refractivity contribution is 0.462. The van der Waals surface area contributed by atoms with Crippen molar-refractivity contribution in [1.29, 1.82) is 0 Å². The summed E-state index contributed by atoms with van der Waals surface area (Å²) >= 11 is 0. The largest absolute Gasteiger partial charge is 0.367 e. The summed E-state index contributed by atoms with van der Waals surface area (Å²) in [5.41, 5.74) is 0.765. The molecule has 1 saturated carbocycles. The number of rotatable bonds is 2. The van der Waals surface area contributed by atoms with Gasteiger partial charge in [-0.05, 0) is 25.0 Å². The van der Waals surface area contributed by atoms with Gasteiger partial charge in [0.2, 0.25) is 0 Å². The highest BCUT2D eigenvalue weighted by Crippen LogP contribution is 2.23. The molecule has 0 aromatic carbocycles. The van der Waals surface area contributed by atoms with Gasteiger partial charge in [-0.1, -0.05) is 19.3 Å². The van der Waals surface area contributed by atoms with E-state index in [1.165, 1.54) is 32.1 Å². The lowest BCUT2D eigenvalue weighted by Gasteiger charge is -2.23. The Balaban J connectivity index is 1.89. The first-order chi connectivity index (χ1) is 8.43. The van der Waals surface area contributed by atoms with Crippen molar-refractivity contribution in [1.82, 2.24) is 15.0 Å². The number of nitrogens with one attached hydrogen (secondary N) is 1. The van der Waals surface area contributed by atoms with Crippen LogP contribution >= 0.6 is 0 Å². The van der Waals surface area contributed by atoms with Crippen molar-refractivity contribution in [2.45, 2.75) is 38.1 Å². The number of pyridine rings is 1. The van der Waals surface area contributed by atoms with Crippen molar-refractivity contribution in [3.8, 4) is 0 Å². The standard InChI is InChI=1S/C13H16N4/c1-2-5-10(6-3-1)17-13-11-7-4-8-14-12(11)15-9-16-13/h4,7-10H,1-3,5-6H2,(H,14,15,16,17). The van der Waals surface area contributed by atoms with Gasteiger partial charge >= 0.3 is 0 Å². The lowest BCUT2D eigenvalue weighted by atomic mass is 9.95. The van der Waals surface area contributed by atoms with Gasteiger partial charge in [-0.25, -0.2) is 15.0 Å². The third-order valence-corrected chi connectivity index (χ3v) is 3.35. The molecule has 2 aromatic rings. The van der Waals surface area contributed by atoms with Gasteiger partial charge in [0, 0.05) is 12.2 Å². The summed E-state index contributed by atoms with van der Waals surface area (Å²) in [4.78, 5) is 12.8. The van der Waals surface area contributed by atoms with Crippen LogP contribution < -0.4 is 5.32 Å². The normalized spacial score (nSPS) is 17.2. The van der Waals surface area contributed by atoms with Gasteiger partial charge in [0.05, 0.1) is 5.39 Å². The van der Waals surface area contributed by atoms with Gasteiger partial charge in [-0.2, -0.15) is 0 Å². The van der Waals surface area contributed by atoms with E-state index in [-0.39, 0.29) is 0 Å². The molecule has 17 heavy (non-hydrogen) atoms. The highest BCUT2D eigenvalue weighted by Gasteiger charge is 2.14. The van der Waals surface area contributed by atoms with E-state index in [1.54, 1.807) is 12.5 Å². The van der Waals surface area contributed by atoms with Crippen LogP contribution in [0.3, 0.4) is 0 Å². The minimum atomic E-state index is 0.557. The number of hydrogen-bond donors (Lipinski definition) is 1. The molecule has 1 aliphatic carbocycles. The fraction of sp³-hybridized carbons (Fsp3) is 0.462. The summed E-state index contributed by atoms with van der Waals surface area (Å²) in [6.45, 7) is 0. The SMILES string of the molecule is c1cnc2ncnc(NC3CCCCC3)c2c1. The first-order valence-electron chi connectivity index (χ1n) is 6.26. The number of nitrogens with zero attached hydrogens (tertiary/aromatic N) is 3. The molecule has 1 fully saturated rings. The highest BCUT2D eigenvalue weighted by atomic mass is 15.0. The van der Waals surface area contributed by atoms with Crippen molar-refractivity contribution < 1.29 is 0 Å². The Kier molecular flexibility index (Phi) is 2.86. The summed E-state index contributed by atoms with van der Waals surface area (Å²) in [6.07, 6.45) is 9.83. The molecule has 3 rings (SSSR count). The molecular formula is C13H16N4. The molecule has 0 amide bonds. The van der Waals surface area contributed by atoms with Crippen LogP contribution in [0.25, 0.3) is 11.0 Å². The zero-order valence-electron chi connectivity index (χ0n) is 9.76. The third kappa shape index (κ3) is 2.20. The minimum Gasteiger partial charge on any atom is -0.367 e. The second kappa shape index (κ2) is 4.65. The molecule has 1 aliphatic rings. The van der Waals surface area contributed by atoms with Crippen LogP contribution in [0.5, 0.6) is 0 Å². The van der Waals surface area contributed by atoms with E-state index in [1.807, 2.05) is 12.1 Å². The maximum Gasteiger partial charge on any atom is 0.164 e. The molecule has 0 atom stereocenters. The van der Waals surface area contributed by atoms with E-state index in [9.17, 15) is 0 Å². The van der Waals surface area contributed by atoms with Crippen molar-refractivity contribution in [3.05, 3.63) is 24.7 Å². The summed E-state index contributed by atoms with van der Waals surface area (Å²) in [5.74, 6) is 0.926. The third-order valence-electron chi connectivity index (χ3n) is 3.35. The molecule has 88 valence electrons. The van der Waals surface area contributed by atoms with E-state index in [0.717, 1.165) is 16.9 Å². The number of aromatic nitrogens is 3. The predicted octanol–water partition coefficient (Wildman–Crippen LogP) is 2.77. The molecule has 1 N–H and O–H groups in total. The Morgan fingerprint density at radius 1 is 1.06 bits per heavy atom. The topological polar surface area (TPSA) is 50.7 Å². The average Bonchev–Trinajstić information content (AvgIpc) is 2.40. The van der Waals surface area contributed by atoms with Gasteiger partial charge in [0.15, 0.2) is 5.65 Å². The second-order valence-corrected chi connectivity index (χ2v) is 4.58. The van der Waals surface area contributed by atoms with Gasteiger partial charge in [0.25, 0.3) is 0 Å². The minimum absolute atomic E-state index is 0.557. The maximum atomic E-state index is 4.34. The molecule has 0 radical (unpaired) electrons. The molecule has 0 saturated heterocycles. The zero-order valence-corrected chi connectivity index (χ0v) is 9.76. The monoisotopic (exact) mass is 228 g/mol. The molecule has 2 aromatic heterocycles. The molecule has 4 nitrogen and oxygen atoms in total. The fourth-order valence-corrected chi connectivity index (χ4v) is 2.45. The van der Waals surface area contributed by atoms with Crippen LogP contribution in [-0.2, 0) is 0 Å². The summed E-state index contributed by atoms with van der Waals surface area (Å²) in [6, 6.07) is 4.51. The molecule has 0 aliphatic heterocycles. The Morgan fingerprint density at radius 2 is 1.94 bits per heavy atom.